The van der Waals surface area contributed by atoms with Crippen molar-refractivity contribution in [1.82, 2.24) is 0 Å². The van der Waals surface area contributed by atoms with Gasteiger partial charge < -0.3 is 10.8 Å². The zero-order valence-corrected chi connectivity index (χ0v) is 11.1. The average Bonchev–Trinajstić information content (AvgIpc) is 2.36. The van der Waals surface area contributed by atoms with Gasteiger partial charge in [-0.1, -0.05) is 18.2 Å². The number of benzene rings is 1. The van der Waals surface area contributed by atoms with Crippen molar-refractivity contribution in [3.05, 3.63) is 46.7 Å². The van der Waals surface area contributed by atoms with E-state index in [1.807, 2.05) is 0 Å². The molecule has 0 atom stereocenters. The smallest absolute Gasteiger partial charge is 0.455 e. The van der Waals surface area contributed by atoms with Crippen LogP contribution < -0.4 is 5.73 Å². The highest BCUT2D eigenvalue weighted by molar-refractivity contribution is 6.19. The monoisotopic (exact) mass is 341 g/mol. The van der Waals surface area contributed by atoms with Gasteiger partial charge in [0.05, 0.1) is 5.56 Å². The van der Waals surface area contributed by atoms with E-state index in [1.165, 1.54) is 0 Å². The Kier molecular flexibility index (Phi) is 5.08. The van der Waals surface area contributed by atoms with E-state index in [-0.39, 0.29) is 5.56 Å². The third-order valence-electron chi connectivity index (χ3n) is 2.67. The molecule has 0 aliphatic carbocycles. The van der Waals surface area contributed by atoms with E-state index in [0.717, 1.165) is 18.2 Å². The van der Waals surface area contributed by atoms with Crippen molar-refractivity contribution < 1.29 is 41.0 Å². The molecule has 126 valence electrons. The van der Waals surface area contributed by atoms with Gasteiger partial charge in [-0.25, -0.2) is 4.79 Å². The predicted molar refractivity (Wildman–Crippen MR) is 65.1 cm³/mol. The fourth-order valence-electron chi connectivity index (χ4n) is 1.69. The van der Waals surface area contributed by atoms with E-state index in [2.05, 4.69) is 0 Å². The summed E-state index contributed by atoms with van der Waals surface area (Å²) in [5, 5.41) is 8.70. The third-order valence-corrected chi connectivity index (χ3v) is 2.67. The number of carbonyl (C=O) groups excluding carboxylic acids is 1. The lowest BCUT2D eigenvalue weighted by Gasteiger charge is -2.11. The van der Waals surface area contributed by atoms with Crippen LogP contribution in [0, 0.1) is 0 Å². The molecule has 0 saturated heterocycles. The van der Waals surface area contributed by atoms with Crippen LogP contribution in [0.4, 0.5) is 26.3 Å². The second kappa shape index (κ2) is 6.31. The van der Waals surface area contributed by atoms with Crippen molar-refractivity contribution in [3.63, 3.8) is 0 Å². The molecule has 23 heavy (non-hydrogen) atoms. The van der Waals surface area contributed by atoms with Crippen LogP contribution in [-0.4, -0.2) is 23.0 Å². The standard InChI is InChI=1S/C13H9F6NO3/c14-12(15,16)7-3-1-2-6(4-7)5-8(20)9(11(22)23)10(21)13(17,18)19/h1-4H,5,20H2,(H,22,23). The highest BCUT2D eigenvalue weighted by Gasteiger charge is 2.44. The maximum absolute atomic E-state index is 12.5. The largest absolute Gasteiger partial charge is 0.477 e. The number of hydrogen-bond acceptors (Lipinski definition) is 3. The van der Waals surface area contributed by atoms with E-state index in [0.29, 0.717) is 6.07 Å². The summed E-state index contributed by atoms with van der Waals surface area (Å²) in [5.41, 5.74) is 1.23. The zero-order valence-electron chi connectivity index (χ0n) is 11.1. The van der Waals surface area contributed by atoms with Gasteiger partial charge >= 0.3 is 18.3 Å². The Labute approximate surface area is 125 Å². The SMILES string of the molecule is NC(Cc1cccc(C(F)(F)F)c1)=C(C(=O)O)C(=O)C(F)(F)F. The zero-order chi connectivity index (χ0) is 18.0. The fourth-order valence-corrected chi connectivity index (χ4v) is 1.69. The number of carboxylic acids is 1. The van der Waals surface area contributed by atoms with Gasteiger partial charge in [-0.3, -0.25) is 4.79 Å². The number of alkyl halides is 6. The predicted octanol–water partition coefficient (Wildman–Crippen LogP) is 2.68. The Bertz CT molecular complexity index is 660. The highest BCUT2D eigenvalue weighted by Crippen LogP contribution is 2.30. The summed E-state index contributed by atoms with van der Waals surface area (Å²) >= 11 is 0. The molecule has 0 heterocycles. The molecule has 0 aliphatic rings. The average molecular weight is 341 g/mol. The van der Waals surface area contributed by atoms with Gasteiger partial charge in [0.25, 0.3) is 5.78 Å². The summed E-state index contributed by atoms with van der Waals surface area (Å²) in [6.07, 6.45) is -10.9. The van der Waals surface area contributed by atoms with Crippen molar-refractivity contribution in [1.29, 1.82) is 0 Å². The molecular weight excluding hydrogens is 332 g/mol. The first-order valence-electron chi connectivity index (χ1n) is 5.83. The molecule has 0 aromatic heterocycles. The minimum absolute atomic E-state index is 0.189. The van der Waals surface area contributed by atoms with Gasteiger partial charge in [-0.2, -0.15) is 26.3 Å². The Morgan fingerprint density at radius 1 is 1.09 bits per heavy atom. The van der Waals surface area contributed by atoms with Crippen LogP contribution in [0.3, 0.4) is 0 Å². The molecule has 1 aromatic carbocycles. The van der Waals surface area contributed by atoms with Crippen LogP contribution >= 0.6 is 0 Å². The summed E-state index contributed by atoms with van der Waals surface area (Å²) in [6.45, 7) is 0. The lowest BCUT2D eigenvalue weighted by molar-refractivity contribution is -0.168. The molecule has 1 rings (SSSR count). The Hall–Kier alpha value is -2.52. The lowest BCUT2D eigenvalue weighted by Crippen LogP contribution is -2.31. The summed E-state index contributed by atoms with van der Waals surface area (Å²) in [5.74, 6) is -4.88. The Balaban J connectivity index is 3.24. The van der Waals surface area contributed by atoms with Crippen LogP contribution in [-0.2, 0) is 22.2 Å². The first-order chi connectivity index (χ1) is 10.3. The van der Waals surface area contributed by atoms with Gasteiger partial charge in [0.2, 0.25) is 0 Å². The number of Topliss-reactive ketones (excluding diaryl/α,β-unsaturated/α-hetero) is 1. The quantitative estimate of drug-likeness (QED) is 0.382. The summed E-state index contributed by atoms with van der Waals surface area (Å²) in [7, 11) is 0. The van der Waals surface area contributed by atoms with Crippen LogP contribution in [0.15, 0.2) is 35.5 Å². The molecular formula is C13H9F6NO3. The van der Waals surface area contributed by atoms with E-state index in [4.69, 9.17) is 10.8 Å². The van der Waals surface area contributed by atoms with Gasteiger partial charge in [-0.05, 0) is 11.6 Å². The highest BCUT2D eigenvalue weighted by atomic mass is 19.4. The van der Waals surface area contributed by atoms with E-state index in [9.17, 15) is 35.9 Å². The van der Waals surface area contributed by atoms with E-state index < -0.39 is 47.4 Å². The molecule has 0 fully saturated rings. The summed E-state index contributed by atoms with van der Waals surface area (Å²) in [6, 6.07) is 3.42. The fraction of sp³-hybridized carbons (Fsp3) is 0.231. The van der Waals surface area contributed by atoms with Crippen LogP contribution in [0.1, 0.15) is 11.1 Å². The third kappa shape index (κ3) is 4.73. The van der Waals surface area contributed by atoms with Gasteiger partial charge in [-0.15, -0.1) is 0 Å². The van der Waals surface area contributed by atoms with Crippen LogP contribution in [0.2, 0.25) is 0 Å². The summed E-state index contributed by atoms with van der Waals surface area (Å²) < 4.78 is 74.6. The Morgan fingerprint density at radius 2 is 1.65 bits per heavy atom. The number of carbonyl (C=O) groups is 2. The normalized spacial score (nSPS) is 13.5. The maximum Gasteiger partial charge on any atom is 0.455 e. The molecule has 3 N–H and O–H groups in total. The molecule has 0 spiro atoms. The molecule has 0 amide bonds. The molecule has 0 aliphatic heterocycles. The second-order valence-corrected chi connectivity index (χ2v) is 4.41. The molecule has 1 aromatic rings. The van der Waals surface area contributed by atoms with Crippen molar-refractivity contribution in [3.8, 4) is 0 Å². The van der Waals surface area contributed by atoms with Gasteiger partial charge in [0.1, 0.15) is 5.57 Å². The topological polar surface area (TPSA) is 80.4 Å². The van der Waals surface area contributed by atoms with E-state index in [1.54, 1.807) is 0 Å². The number of allylic oxidation sites excluding steroid dienone is 1. The molecule has 0 radical (unpaired) electrons. The molecule has 4 nitrogen and oxygen atoms in total. The number of rotatable bonds is 4. The van der Waals surface area contributed by atoms with Crippen molar-refractivity contribution in [2.45, 2.75) is 18.8 Å². The lowest BCUT2D eigenvalue weighted by atomic mass is 10.0. The maximum atomic E-state index is 12.5. The van der Waals surface area contributed by atoms with Crippen molar-refractivity contribution in [2.75, 3.05) is 0 Å². The van der Waals surface area contributed by atoms with Crippen molar-refractivity contribution >= 4 is 11.8 Å². The van der Waals surface area contributed by atoms with Crippen LogP contribution in [0.25, 0.3) is 0 Å². The molecule has 0 unspecified atom stereocenters. The molecule has 0 saturated carbocycles. The number of ketones is 1. The number of hydrogen-bond donors (Lipinski definition) is 2. The number of aliphatic carboxylic acids is 1. The molecule has 10 heteroatoms. The van der Waals surface area contributed by atoms with E-state index >= 15 is 0 Å². The summed E-state index contributed by atoms with van der Waals surface area (Å²) in [4.78, 5) is 21.8. The number of carboxylic acid groups (broad SMARTS) is 1. The minimum atomic E-state index is -5.47. The van der Waals surface area contributed by atoms with Gasteiger partial charge in [0.15, 0.2) is 0 Å². The Morgan fingerprint density at radius 3 is 2.09 bits per heavy atom. The second-order valence-electron chi connectivity index (χ2n) is 4.41. The molecule has 0 bridgehead atoms. The minimum Gasteiger partial charge on any atom is -0.477 e. The van der Waals surface area contributed by atoms with Crippen molar-refractivity contribution in [2.24, 2.45) is 5.73 Å². The number of nitrogens with two attached hydrogens (primary N) is 1. The van der Waals surface area contributed by atoms with Gasteiger partial charge in [0, 0.05) is 12.1 Å². The number of halogens is 6. The van der Waals surface area contributed by atoms with Crippen LogP contribution in [0.5, 0.6) is 0 Å². The first-order valence-corrected chi connectivity index (χ1v) is 5.83. The first kappa shape index (κ1) is 18.5.